The number of aryl methyl sites for hydroxylation is 1. The summed E-state index contributed by atoms with van der Waals surface area (Å²) in [6, 6.07) is 8.81. The number of aromatic amines is 1. The lowest BCUT2D eigenvalue weighted by Gasteiger charge is -2.05. The molecule has 6 heteroatoms. The highest BCUT2D eigenvalue weighted by Gasteiger charge is 2.42. The molecule has 2 atom stereocenters. The van der Waals surface area contributed by atoms with Crippen LogP contribution in [-0.2, 0) is 0 Å². The summed E-state index contributed by atoms with van der Waals surface area (Å²) in [6.45, 7) is 1.72. The number of rotatable bonds is 3. The first-order valence-corrected chi connectivity index (χ1v) is 7.76. The quantitative estimate of drug-likeness (QED) is 0.777. The Bertz CT molecular complexity index is 959. The van der Waals surface area contributed by atoms with Gasteiger partial charge in [0.25, 0.3) is 0 Å². The molecule has 0 amide bonds. The van der Waals surface area contributed by atoms with E-state index in [1.54, 1.807) is 19.2 Å². The Kier molecular flexibility index (Phi) is 3.26. The maximum atomic E-state index is 13.7. The minimum atomic E-state index is -0.306. The monoisotopic (exact) mass is 325 g/mol. The SMILES string of the molecule is Cc1ccc(-c2ccc(C3CC3n3c(O)c[nH]c3=O)cn2)cc1F. The van der Waals surface area contributed by atoms with Crippen LogP contribution in [0.3, 0.4) is 0 Å². The summed E-state index contributed by atoms with van der Waals surface area (Å²) < 4.78 is 15.0. The molecule has 1 saturated carbocycles. The number of pyridine rings is 1. The third kappa shape index (κ3) is 2.40. The molecular weight excluding hydrogens is 309 g/mol. The summed E-state index contributed by atoms with van der Waals surface area (Å²) in [6.07, 6.45) is 3.84. The Labute approximate surface area is 137 Å². The van der Waals surface area contributed by atoms with Gasteiger partial charge in [-0.25, -0.2) is 9.18 Å². The molecule has 24 heavy (non-hydrogen) atoms. The van der Waals surface area contributed by atoms with E-state index < -0.39 is 0 Å². The van der Waals surface area contributed by atoms with E-state index in [0.717, 1.165) is 17.5 Å². The Hall–Kier alpha value is -2.89. The molecule has 0 saturated heterocycles. The zero-order valence-corrected chi connectivity index (χ0v) is 13.0. The van der Waals surface area contributed by atoms with Crippen molar-refractivity contribution in [2.75, 3.05) is 0 Å². The van der Waals surface area contributed by atoms with E-state index in [4.69, 9.17) is 0 Å². The number of H-pyrrole nitrogens is 1. The lowest BCUT2D eigenvalue weighted by atomic mass is 10.1. The molecule has 0 spiro atoms. The van der Waals surface area contributed by atoms with Crippen LogP contribution in [0.1, 0.15) is 29.5 Å². The van der Waals surface area contributed by atoms with Crippen LogP contribution in [0.4, 0.5) is 4.39 Å². The van der Waals surface area contributed by atoms with Gasteiger partial charge in [-0.05, 0) is 36.6 Å². The number of nitrogens with zero attached hydrogens (tertiary/aromatic N) is 2. The van der Waals surface area contributed by atoms with Gasteiger partial charge in [0, 0.05) is 23.7 Å². The lowest BCUT2D eigenvalue weighted by Crippen LogP contribution is -2.15. The fraction of sp³-hybridized carbons (Fsp3) is 0.222. The van der Waals surface area contributed by atoms with Crippen LogP contribution in [-0.4, -0.2) is 19.6 Å². The number of nitrogens with one attached hydrogen (secondary N) is 1. The van der Waals surface area contributed by atoms with Crippen molar-refractivity contribution < 1.29 is 9.50 Å². The van der Waals surface area contributed by atoms with Crippen molar-refractivity contribution in [2.24, 2.45) is 0 Å². The van der Waals surface area contributed by atoms with Gasteiger partial charge in [-0.15, -0.1) is 0 Å². The Morgan fingerprint density at radius 1 is 1.33 bits per heavy atom. The van der Waals surface area contributed by atoms with Crippen LogP contribution in [0.5, 0.6) is 5.88 Å². The molecule has 4 rings (SSSR count). The fourth-order valence-corrected chi connectivity index (χ4v) is 3.06. The maximum absolute atomic E-state index is 13.7. The van der Waals surface area contributed by atoms with Crippen molar-refractivity contribution in [1.82, 2.24) is 14.5 Å². The Morgan fingerprint density at radius 2 is 2.17 bits per heavy atom. The zero-order chi connectivity index (χ0) is 16.8. The van der Waals surface area contributed by atoms with Crippen LogP contribution >= 0.6 is 0 Å². The summed E-state index contributed by atoms with van der Waals surface area (Å²) in [5.74, 6) is -0.143. The Morgan fingerprint density at radius 3 is 2.79 bits per heavy atom. The van der Waals surface area contributed by atoms with Gasteiger partial charge in [0.1, 0.15) is 5.82 Å². The van der Waals surface area contributed by atoms with E-state index in [0.29, 0.717) is 11.3 Å². The normalized spacial score (nSPS) is 19.4. The van der Waals surface area contributed by atoms with E-state index in [1.807, 2.05) is 18.2 Å². The third-order valence-electron chi connectivity index (χ3n) is 4.56. The number of benzene rings is 1. The van der Waals surface area contributed by atoms with Gasteiger partial charge < -0.3 is 10.1 Å². The first kappa shape index (κ1) is 14.7. The standard InChI is InChI=1S/C18H16FN3O2/c1-10-2-3-11(6-14(10)19)15-5-4-12(8-20-15)13-7-16(13)22-17(23)9-21-18(22)24/h2-6,8-9,13,16,23H,7H2,1H3,(H,21,24). The summed E-state index contributed by atoms with van der Waals surface area (Å²) in [7, 11) is 0. The van der Waals surface area contributed by atoms with Crippen molar-refractivity contribution in [3.63, 3.8) is 0 Å². The van der Waals surface area contributed by atoms with Crippen LogP contribution in [0, 0.1) is 12.7 Å². The largest absolute Gasteiger partial charge is 0.493 e. The van der Waals surface area contributed by atoms with Crippen molar-refractivity contribution in [3.05, 3.63) is 70.2 Å². The second kappa shape index (κ2) is 5.33. The predicted octanol–water partition coefficient (Wildman–Crippen LogP) is 3.12. The lowest BCUT2D eigenvalue weighted by molar-refractivity contribution is 0.413. The molecule has 5 nitrogen and oxygen atoms in total. The van der Waals surface area contributed by atoms with Crippen LogP contribution in [0.2, 0.25) is 0 Å². The second-order valence-electron chi connectivity index (χ2n) is 6.17. The summed E-state index contributed by atoms with van der Waals surface area (Å²) >= 11 is 0. The molecule has 2 aromatic heterocycles. The zero-order valence-electron chi connectivity index (χ0n) is 13.0. The minimum Gasteiger partial charge on any atom is -0.493 e. The van der Waals surface area contributed by atoms with E-state index in [-0.39, 0.29) is 29.3 Å². The number of aromatic nitrogens is 3. The van der Waals surface area contributed by atoms with Crippen LogP contribution in [0.15, 0.2) is 47.5 Å². The van der Waals surface area contributed by atoms with Crippen molar-refractivity contribution in [3.8, 4) is 17.1 Å². The maximum Gasteiger partial charge on any atom is 0.328 e. The van der Waals surface area contributed by atoms with Crippen molar-refractivity contribution >= 4 is 0 Å². The highest BCUT2D eigenvalue weighted by molar-refractivity contribution is 5.59. The van der Waals surface area contributed by atoms with Gasteiger partial charge in [-0.1, -0.05) is 18.2 Å². The highest BCUT2D eigenvalue weighted by atomic mass is 19.1. The minimum absolute atomic E-state index is 0.0479. The van der Waals surface area contributed by atoms with Crippen LogP contribution < -0.4 is 5.69 Å². The van der Waals surface area contributed by atoms with Gasteiger partial charge in [-0.2, -0.15) is 0 Å². The molecule has 1 aromatic carbocycles. The topological polar surface area (TPSA) is 70.9 Å². The summed E-state index contributed by atoms with van der Waals surface area (Å²) in [5.41, 5.74) is 2.74. The second-order valence-corrected chi connectivity index (χ2v) is 6.17. The predicted molar refractivity (Wildman–Crippen MR) is 87.5 cm³/mol. The smallest absolute Gasteiger partial charge is 0.328 e. The van der Waals surface area contributed by atoms with Crippen molar-refractivity contribution in [2.45, 2.75) is 25.3 Å². The first-order chi connectivity index (χ1) is 11.5. The van der Waals surface area contributed by atoms with E-state index in [9.17, 15) is 14.3 Å². The van der Waals surface area contributed by atoms with E-state index >= 15 is 0 Å². The molecular formula is C18H16FN3O2. The average Bonchev–Trinajstić information content (AvgIpc) is 3.29. The number of imidazole rings is 1. The molecule has 2 unspecified atom stereocenters. The first-order valence-electron chi connectivity index (χ1n) is 7.76. The van der Waals surface area contributed by atoms with Crippen LogP contribution in [0.25, 0.3) is 11.3 Å². The molecule has 1 aliphatic rings. The molecule has 0 bridgehead atoms. The molecule has 0 aliphatic heterocycles. The number of hydrogen-bond acceptors (Lipinski definition) is 3. The number of hydrogen-bond donors (Lipinski definition) is 2. The molecule has 1 fully saturated rings. The summed E-state index contributed by atoms with van der Waals surface area (Å²) in [4.78, 5) is 18.6. The molecule has 1 aliphatic carbocycles. The van der Waals surface area contributed by atoms with E-state index in [2.05, 4.69) is 9.97 Å². The number of aromatic hydroxyl groups is 1. The summed E-state index contributed by atoms with van der Waals surface area (Å²) in [5, 5.41) is 9.73. The van der Waals surface area contributed by atoms with Gasteiger partial charge in [-0.3, -0.25) is 9.55 Å². The van der Waals surface area contributed by atoms with E-state index in [1.165, 1.54) is 16.8 Å². The van der Waals surface area contributed by atoms with Gasteiger partial charge >= 0.3 is 5.69 Å². The average molecular weight is 325 g/mol. The van der Waals surface area contributed by atoms with Gasteiger partial charge in [0.2, 0.25) is 5.88 Å². The molecule has 122 valence electrons. The number of halogens is 1. The molecule has 2 heterocycles. The van der Waals surface area contributed by atoms with Gasteiger partial charge in [0.15, 0.2) is 0 Å². The molecule has 0 radical (unpaired) electrons. The fourth-order valence-electron chi connectivity index (χ4n) is 3.06. The molecule has 2 N–H and O–H groups in total. The van der Waals surface area contributed by atoms with Gasteiger partial charge in [0.05, 0.1) is 11.9 Å². The molecule has 3 aromatic rings. The van der Waals surface area contributed by atoms with Crippen molar-refractivity contribution in [1.29, 1.82) is 0 Å². The third-order valence-corrected chi connectivity index (χ3v) is 4.56. The Balaban J connectivity index is 1.57. The highest BCUT2D eigenvalue weighted by Crippen LogP contribution is 2.51.